The molecular weight excluding hydrogens is 526 g/mol. The zero-order chi connectivity index (χ0) is 29.8. The summed E-state index contributed by atoms with van der Waals surface area (Å²) in [4.78, 5) is 77.5. The Morgan fingerprint density at radius 3 is 2.17 bits per heavy atom. The van der Waals surface area contributed by atoms with E-state index in [0.717, 1.165) is 27.9 Å². The van der Waals surface area contributed by atoms with Crippen LogP contribution in [-0.2, 0) is 47.7 Å². The molecule has 3 rings (SSSR count). The molecule has 3 unspecified atom stereocenters. The van der Waals surface area contributed by atoms with Gasteiger partial charge in [0.2, 0.25) is 23.4 Å². The van der Waals surface area contributed by atoms with Crippen molar-refractivity contribution in [3.05, 3.63) is 59.4 Å². The summed E-state index contributed by atoms with van der Waals surface area (Å²) in [5.74, 6) is -5.69. The molecule has 0 radical (unpaired) electrons. The average Bonchev–Trinajstić information content (AvgIpc) is 3.31. The zero-order valence-corrected chi connectivity index (χ0v) is 23.0. The van der Waals surface area contributed by atoms with Crippen molar-refractivity contribution in [1.82, 2.24) is 5.32 Å². The van der Waals surface area contributed by atoms with Crippen LogP contribution in [0.1, 0.15) is 51.4 Å². The van der Waals surface area contributed by atoms with E-state index in [1.165, 1.54) is 25.1 Å². The van der Waals surface area contributed by atoms with Gasteiger partial charge in [0.25, 0.3) is 11.5 Å². The second-order valence-electron chi connectivity index (χ2n) is 9.18. The third kappa shape index (κ3) is 5.26. The van der Waals surface area contributed by atoms with Crippen LogP contribution >= 0.6 is 0 Å². The molecule has 0 aromatic heterocycles. The smallest absolute Gasteiger partial charge is 0.303 e. The minimum atomic E-state index is -2.63. The number of Topliss-reactive ketones (excluding diaryl/α,β-unsaturated/α-hetero) is 2. The van der Waals surface area contributed by atoms with E-state index < -0.39 is 65.0 Å². The zero-order valence-electron chi connectivity index (χ0n) is 23.0. The molecular formula is C28H31NO11. The molecule has 1 amide bonds. The highest BCUT2D eigenvalue weighted by Crippen LogP contribution is 2.46. The highest BCUT2D eigenvalue weighted by Gasteiger charge is 2.76. The summed E-state index contributed by atoms with van der Waals surface area (Å²) >= 11 is 0. The molecule has 1 aromatic rings. The Balaban J connectivity index is 2.19. The normalized spacial score (nSPS) is 25.4. The Morgan fingerprint density at radius 1 is 1.02 bits per heavy atom. The minimum absolute atomic E-state index is 0.0895. The number of carbonyl (C=O) groups excluding carboxylic acids is 6. The lowest BCUT2D eigenvalue weighted by molar-refractivity contribution is -0.186. The van der Waals surface area contributed by atoms with Crippen molar-refractivity contribution in [3.8, 4) is 0 Å². The molecule has 2 heterocycles. The van der Waals surface area contributed by atoms with Crippen molar-refractivity contribution >= 4 is 35.4 Å². The van der Waals surface area contributed by atoms with Gasteiger partial charge in [0.15, 0.2) is 18.0 Å². The summed E-state index contributed by atoms with van der Waals surface area (Å²) in [5, 5.41) is 2.38. The Bertz CT molecular complexity index is 1280. The first-order chi connectivity index (χ1) is 18.8. The number of carbonyl (C=O) groups is 6. The fourth-order valence-electron chi connectivity index (χ4n) is 4.69. The number of amides is 1. The van der Waals surface area contributed by atoms with Crippen LogP contribution < -0.4 is 5.32 Å². The summed E-state index contributed by atoms with van der Waals surface area (Å²) in [6.45, 7) is 6.39. The van der Waals surface area contributed by atoms with E-state index in [4.69, 9.17) is 23.7 Å². The lowest BCUT2D eigenvalue weighted by Crippen LogP contribution is -2.62. The van der Waals surface area contributed by atoms with Gasteiger partial charge < -0.3 is 29.0 Å². The molecule has 0 aliphatic carbocycles. The van der Waals surface area contributed by atoms with Crippen molar-refractivity contribution in [1.29, 1.82) is 0 Å². The van der Waals surface area contributed by atoms with E-state index >= 15 is 0 Å². The molecule has 1 saturated heterocycles. The summed E-state index contributed by atoms with van der Waals surface area (Å²) in [6, 6.07) is 7.73. The van der Waals surface area contributed by atoms with Gasteiger partial charge >= 0.3 is 17.9 Å². The summed E-state index contributed by atoms with van der Waals surface area (Å²) in [7, 11) is 1.10. The van der Waals surface area contributed by atoms with Crippen LogP contribution in [-0.4, -0.2) is 72.1 Å². The highest BCUT2D eigenvalue weighted by molar-refractivity contribution is 6.23. The van der Waals surface area contributed by atoms with Gasteiger partial charge in [-0.1, -0.05) is 43.3 Å². The van der Waals surface area contributed by atoms with Gasteiger partial charge in [-0.15, -0.1) is 0 Å². The summed E-state index contributed by atoms with van der Waals surface area (Å²) in [5.41, 5.74) is -5.07. The van der Waals surface area contributed by atoms with Crippen LogP contribution in [0.4, 0.5) is 0 Å². The molecule has 1 N–H and O–H groups in total. The van der Waals surface area contributed by atoms with Crippen molar-refractivity contribution in [2.24, 2.45) is 0 Å². The molecule has 1 aromatic carbocycles. The molecule has 1 spiro atoms. The molecule has 2 aliphatic heterocycles. The lowest BCUT2D eigenvalue weighted by atomic mass is 9.84. The second-order valence-corrected chi connectivity index (χ2v) is 9.18. The molecule has 0 bridgehead atoms. The third-order valence-corrected chi connectivity index (χ3v) is 6.39. The number of ketones is 2. The predicted octanol–water partition coefficient (Wildman–Crippen LogP) is 1.72. The standard InChI is InChI=1S/C28H31NO11/c1-7-8-14-20(37-16(3)30)22(38-17(4)31)21-15(2)23(33)27(40-21)25(39-18(5)32)28(36-6,29-26(27)35)24(34)19-12-10-9-11-13-19/h8-14,20,22,25H,7H2,1-6H3,(H,29,35)/b14-8-/t20?,22?,25?,27-,28-/m1/s1. The van der Waals surface area contributed by atoms with Crippen LogP contribution in [0.3, 0.4) is 0 Å². The van der Waals surface area contributed by atoms with Crippen LogP contribution in [0.25, 0.3) is 0 Å². The molecule has 0 saturated carbocycles. The van der Waals surface area contributed by atoms with E-state index in [0.29, 0.717) is 6.42 Å². The summed E-state index contributed by atoms with van der Waals surface area (Å²) < 4.78 is 27.7. The molecule has 1 fully saturated rings. The Morgan fingerprint density at radius 2 is 1.65 bits per heavy atom. The molecule has 5 atom stereocenters. The number of methoxy groups -OCH3 is 1. The lowest BCUT2D eigenvalue weighted by Gasteiger charge is -2.35. The van der Waals surface area contributed by atoms with E-state index in [1.807, 2.05) is 6.92 Å². The largest absolute Gasteiger partial charge is 0.465 e. The number of hydrogen-bond donors (Lipinski definition) is 1. The first-order valence-corrected chi connectivity index (χ1v) is 12.5. The molecule has 12 nitrogen and oxygen atoms in total. The van der Waals surface area contributed by atoms with Crippen LogP contribution in [0.2, 0.25) is 0 Å². The molecule has 40 heavy (non-hydrogen) atoms. The SMILES string of the molecule is CC/C=C\C(OC(C)=O)C(OC(C)=O)C1=C(C)C(=O)[C@]2(O1)C(=O)N[C@@](OC)(C(=O)c1ccccc1)C2OC(C)=O. The van der Waals surface area contributed by atoms with Gasteiger partial charge in [0.05, 0.1) is 0 Å². The fourth-order valence-corrected chi connectivity index (χ4v) is 4.69. The maximum atomic E-state index is 13.9. The van der Waals surface area contributed by atoms with Crippen molar-refractivity contribution in [3.63, 3.8) is 0 Å². The van der Waals surface area contributed by atoms with E-state index in [1.54, 1.807) is 24.3 Å². The average molecular weight is 558 g/mol. The molecule has 12 heteroatoms. The number of rotatable bonds is 10. The number of hydrogen-bond acceptors (Lipinski definition) is 11. The van der Waals surface area contributed by atoms with Crippen molar-refractivity contribution in [2.45, 2.75) is 70.7 Å². The van der Waals surface area contributed by atoms with Gasteiger partial charge in [-0.2, -0.15) is 0 Å². The van der Waals surface area contributed by atoms with Gasteiger partial charge in [-0.3, -0.25) is 28.8 Å². The first kappa shape index (κ1) is 30.2. The maximum absolute atomic E-state index is 13.9. The van der Waals surface area contributed by atoms with Crippen molar-refractivity contribution in [2.75, 3.05) is 7.11 Å². The van der Waals surface area contributed by atoms with Gasteiger partial charge in [0, 0.05) is 39.0 Å². The number of nitrogens with one attached hydrogen (secondary N) is 1. The topological polar surface area (TPSA) is 161 Å². The predicted molar refractivity (Wildman–Crippen MR) is 136 cm³/mol. The van der Waals surface area contributed by atoms with E-state index in [-0.39, 0.29) is 16.9 Å². The van der Waals surface area contributed by atoms with Gasteiger partial charge in [-0.05, 0) is 19.4 Å². The quantitative estimate of drug-likeness (QED) is 0.147. The highest BCUT2D eigenvalue weighted by atomic mass is 16.6. The van der Waals surface area contributed by atoms with E-state index in [9.17, 15) is 28.8 Å². The number of esters is 3. The van der Waals surface area contributed by atoms with Crippen molar-refractivity contribution < 1.29 is 52.5 Å². The second kappa shape index (κ2) is 11.8. The number of benzene rings is 1. The van der Waals surface area contributed by atoms with Crippen LogP contribution in [0.15, 0.2) is 53.8 Å². The monoisotopic (exact) mass is 557 g/mol. The van der Waals surface area contributed by atoms with E-state index in [2.05, 4.69) is 5.32 Å². The summed E-state index contributed by atoms with van der Waals surface area (Å²) in [6.07, 6.45) is -1.07. The molecule has 2 aliphatic rings. The first-order valence-electron chi connectivity index (χ1n) is 12.5. The maximum Gasteiger partial charge on any atom is 0.303 e. The fraction of sp³-hybridized carbons (Fsp3) is 0.429. The van der Waals surface area contributed by atoms with Gasteiger partial charge in [-0.25, -0.2) is 0 Å². The minimum Gasteiger partial charge on any atom is -0.465 e. The third-order valence-electron chi connectivity index (χ3n) is 6.39. The Hall–Kier alpha value is -4.32. The van der Waals surface area contributed by atoms with Gasteiger partial charge in [0.1, 0.15) is 0 Å². The Kier molecular flexibility index (Phi) is 8.93. The number of ether oxygens (including phenoxy) is 5. The van der Waals surface area contributed by atoms with Crippen LogP contribution in [0, 0.1) is 0 Å². The Labute approximate surface area is 230 Å². The number of allylic oxidation sites excluding steroid dienone is 1. The van der Waals surface area contributed by atoms with Crippen LogP contribution in [0.5, 0.6) is 0 Å². The molecule has 214 valence electrons.